The second kappa shape index (κ2) is 9.12. The molecular formula is C18H27N3O4. The van der Waals surface area contributed by atoms with Gasteiger partial charge in [-0.25, -0.2) is 0 Å². The number of aromatic nitrogens is 1. The highest BCUT2D eigenvalue weighted by atomic mass is 16.7. The molecule has 2 saturated heterocycles. The van der Waals surface area contributed by atoms with E-state index in [-0.39, 0.29) is 18.1 Å². The van der Waals surface area contributed by atoms with Gasteiger partial charge in [-0.1, -0.05) is 0 Å². The Labute approximate surface area is 148 Å². The van der Waals surface area contributed by atoms with Crippen LogP contribution in [0.5, 0.6) is 5.75 Å². The van der Waals surface area contributed by atoms with Crippen LogP contribution >= 0.6 is 0 Å². The fourth-order valence-corrected chi connectivity index (χ4v) is 3.02. The monoisotopic (exact) mass is 349 g/mol. The first-order chi connectivity index (χ1) is 12.2. The molecule has 3 rings (SSSR count). The molecular weight excluding hydrogens is 322 g/mol. The Morgan fingerprint density at radius 2 is 2.32 bits per heavy atom. The van der Waals surface area contributed by atoms with Crippen molar-refractivity contribution in [2.24, 2.45) is 0 Å². The predicted octanol–water partition coefficient (Wildman–Crippen LogP) is 1.46. The van der Waals surface area contributed by atoms with Crippen LogP contribution in [-0.2, 0) is 14.4 Å². The van der Waals surface area contributed by atoms with Crippen molar-refractivity contribution in [1.29, 1.82) is 0 Å². The van der Waals surface area contributed by atoms with Gasteiger partial charge < -0.3 is 14.8 Å². The molecule has 0 aromatic carbocycles. The highest BCUT2D eigenvalue weighted by Gasteiger charge is 2.29. The highest BCUT2D eigenvalue weighted by molar-refractivity contribution is 5.76. The Morgan fingerprint density at radius 3 is 3.08 bits per heavy atom. The van der Waals surface area contributed by atoms with Gasteiger partial charge in [-0.05, 0) is 38.3 Å². The lowest BCUT2D eigenvalue weighted by molar-refractivity contribution is -0.181. The average Bonchev–Trinajstić information content (AvgIpc) is 2.64. The summed E-state index contributed by atoms with van der Waals surface area (Å²) in [6.07, 6.45) is 4.90. The Bertz CT molecular complexity index is 546. The molecule has 0 radical (unpaired) electrons. The number of hydrogen-bond donors (Lipinski definition) is 1. The van der Waals surface area contributed by atoms with Gasteiger partial charge in [0.25, 0.3) is 0 Å². The molecule has 2 atom stereocenters. The second-order valence-corrected chi connectivity index (χ2v) is 6.55. The van der Waals surface area contributed by atoms with Crippen LogP contribution in [0.25, 0.3) is 0 Å². The lowest BCUT2D eigenvalue weighted by Gasteiger charge is -2.32. The van der Waals surface area contributed by atoms with Crippen LogP contribution in [0.4, 0.5) is 0 Å². The van der Waals surface area contributed by atoms with Gasteiger partial charge in [0.05, 0.1) is 25.5 Å². The van der Waals surface area contributed by atoms with E-state index < -0.39 is 0 Å². The third kappa shape index (κ3) is 5.66. The van der Waals surface area contributed by atoms with Gasteiger partial charge in [-0.3, -0.25) is 14.6 Å². The van der Waals surface area contributed by atoms with Gasteiger partial charge in [0.2, 0.25) is 5.91 Å². The molecule has 1 aromatic heterocycles. The number of hydroxylamine groups is 2. The molecule has 7 nitrogen and oxygen atoms in total. The zero-order valence-electron chi connectivity index (χ0n) is 14.8. The molecule has 1 N–H and O–H groups in total. The minimum atomic E-state index is -0.201. The fourth-order valence-electron chi connectivity index (χ4n) is 3.02. The third-order valence-electron chi connectivity index (χ3n) is 4.49. The minimum absolute atomic E-state index is 0.0247. The first kappa shape index (κ1) is 18.1. The molecule has 2 unspecified atom stereocenters. The van der Waals surface area contributed by atoms with Gasteiger partial charge in [0, 0.05) is 31.8 Å². The van der Waals surface area contributed by atoms with E-state index in [2.05, 4.69) is 10.3 Å². The maximum absolute atomic E-state index is 12.3. The van der Waals surface area contributed by atoms with Crippen molar-refractivity contribution in [1.82, 2.24) is 15.4 Å². The molecule has 0 bridgehead atoms. The van der Waals surface area contributed by atoms with E-state index >= 15 is 0 Å². The second-order valence-electron chi connectivity index (χ2n) is 6.55. The largest absolute Gasteiger partial charge is 0.484 e. The number of amides is 1. The predicted molar refractivity (Wildman–Crippen MR) is 92.1 cm³/mol. The number of rotatable bonds is 6. The number of aryl methyl sites for hydroxylation is 1. The van der Waals surface area contributed by atoms with Crippen LogP contribution in [0.2, 0.25) is 0 Å². The summed E-state index contributed by atoms with van der Waals surface area (Å²) in [5.41, 5.74) is 0.942. The topological polar surface area (TPSA) is 72.9 Å². The lowest BCUT2D eigenvalue weighted by atomic mass is 10.1. The van der Waals surface area contributed by atoms with Crippen LogP contribution in [0.3, 0.4) is 0 Å². The van der Waals surface area contributed by atoms with Crippen LogP contribution < -0.4 is 10.1 Å². The molecule has 7 heteroatoms. The summed E-state index contributed by atoms with van der Waals surface area (Å²) in [4.78, 5) is 22.1. The van der Waals surface area contributed by atoms with Gasteiger partial charge in [-0.2, -0.15) is 5.06 Å². The number of pyridine rings is 1. The van der Waals surface area contributed by atoms with Crippen molar-refractivity contribution in [2.75, 3.05) is 32.9 Å². The average molecular weight is 349 g/mol. The summed E-state index contributed by atoms with van der Waals surface area (Å²) in [5.74, 6) is 0.721. The molecule has 3 heterocycles. The van der Waals surface area contributed by atoms with Gasteiger partial charge in [0.15, 0.2) is 0 Å². The summed E-state index contributed by atoms with van der Waals surface area (Å²) in [6.45, 7) is 5.31. The Morgan fingerprint density at radius 1 is 1.40 bits per heavy atom. The van der Waals surface area contributed by atoms with Crippen molar-refractivity contribution in [3.63, 3.8) is 0 Å². The lowest BCUT2D eigenvalue weighted by Crippen LogP contribution is -2.51. The van der Waals surface area contributed by atoms with E-state index in [0.29, 0.717) is 31.9 Å². The summed E-state index contributed by atoms with van der Waals surface area (Å²) in [6, 6.07) is 3.75. The SMILES string of the molecule is Cc1ccc(OC2COCCC2NC(=O)CCN2CCCCO2)cn1. The molecule has 2 aliphatic heterocycles. The molecule has 2 aliphatic rings. The maximum Gasteiger partial charge on any atom is 0.221 e. The fraction of sp³-hybridized carbons (Fsp3) is 0.667. The molecule has 2 fully saturated rings. The number of ether oxygens (including phenoxy) is 2. The van der Waals surface area contributed by atoms with Crippen molar-refractivity contribution in [3.8, 4) is 5.75 Å². The number of carbonyl (C=O) groups excluding carboxylic acids is 1. The number of carbonyl (C=O) groups is 1. The van der Waals surface area contributed by atoms with E-state index in [4.69, 9.17) is 14.3 Å². The van der Waals surface area contributed by atoms with Crippen LogP contribution in [0.1, 0.15) is 31.4 Å². The Balaban J connectivity index is 1.48. The molecule has 0 aliphatic carbocycles. The molecule has 1 aromatic rings. The van der Waals surface area contributed by atoms with Crippen molar-refractivity contribution < 1.29 is 19.1 Å². The van der Waals surface area contributed by atoms with Crippen LogP contribution in [0.15, 0.2) is 18.3 Å². The van der Waals surface area contributed by atoms with E-state index in [0.717, 1.165) is 38.1 Å². The summed E-state index contributed by atoms with van der Waals surface area (Å²) in [7, 11) is 0. The summed E-state index contributed by atoms with van der Waals surface area (Å²) < 4.78 is 11.5. The molecule has 1 amide bonds. The molecule has 0 saturated carbocycles. The number of nitrogens with one attached hydrogen (secondary N) is 1. The molecule has 0 spiro atoms. The zero-order chi connectivity index (χ0) is 17.5. The first-order valence-electron chi connectivity index (χ1n) is 9.05. The third-order valence-corrected chi connectivity index (χ3v) is 4.49. The van der Waals surface area contributed by atoms with Crippen LogP contribution in [-0.4, -0.2) is 61.0 Å². The zero-order valence-corrected chi connectivity index (χ0v) is 14.8. The summed E-state index contributed by atoms with van der Waals surface area (Å²) >= 11 is 0. The van der Waals surface area contributed by atoms with Gasteiger partial charge in [-0.15, -0.1) is 0 Å². The van der Waals surface area contributed by atoms with Gasteiger partial charge >= 0.3 is 0 Å². The summed E-state index contributed by atoms with van der Waals surface area (Å²) in [5, 5.41) is 4.98. The van der Waals surface area contributed by atoms with E-state index in [1.165, 1.54) is 0 Å². The van der Waals surface area contributed by atoms with Gasteiger partial charge in [0.1, 0.15) is 11.9 Å². The Kier molecular flexibility index (Phi) is 6.61. The van der Waals surface area contributed by atoms with Crippen molar-refractivity contribution in [3.05, 3.63) is 24.0 Å². The van der Waals surface area contributed by atoms with Crippen molar-refractivity contribution >= 4 is 5.91 Å². The number of hydrogen-bond acceptors (Lipinski definition) is 6. The quantitative estimate of drug-likeness (QED) is 0.838. The van der Waals surface area contributed by atoms with Crippen LogP contribution in [0, 0.1) is 6.92 Å². The highest BCUT2D eigenvalue weighted by Crippen LogP contribution is 2.17. The number of nitrogens with zero attached hydrogens (tertiary/aromatic N) is 2. The van der Waals surface area contributed by atoms with Crippen molar-refractivity contribution in [2.45, 2.75) is 44.8 Å². The molecule has 25 heavy (non-hydrogen) atoms. The van der Waals surface area contributed by atoms with E-state index in [1.54, 1.807) is 6.20 Å². The smallest absolute Gasteiger partial charge is 0.221 e. The first-order valence-corrected chi connectivity index (χ1v) is 9.05. The molecule has 138 valence electrons. The van der Waals surface area contributed by atoms with E-state index in [1.807, 2.05) is 24.1 Å². The Hall–Kier alpha value is -1.70. The minimum Gasteiger partial charge on any atom is -0.484 e. The normalized spacial score (nSPS) is 24.7. The standard InChI is InChI=1S/C18H27N3O4/c1-14-4-5-15(12-19-14)25-17-13-23-11-7-16(17)20-18(22)6-9-21-8-2-3-10-24-21/h4-5,12,16-17H,2-3,6-11,13H2,1H3,(H,20,22). The van der Waals surface area contributed by atoms with E-state index in [9.17, 15) is 4.79 Å². The maximum atomic E-state index is 12.3.